The highest BCUT2D eigenvalue weighted by molar-refractivity contribution is 5.71. The summed E-state index contributed by atoms with van der Waals surface area (Å²) >= 11 is 0. The number of carbonyl (C=O) groups is 1. The third-order valence-electron chi connectivity index (χ3n) is 3.53. The van der Waals surface area contributed by atoms with Gasteiger partial charge in [-0.25, -0.2) is 0 Å². The van der Waals surface area contributed by atoms with E-state index in [2.05, 4.69) is 20.4 Å². The standard InChI is InChI=1S/C13H22O2/c1-4-5-10(3)11-7-6-9(2)8-12(11)13(14)15/h9,11-12H,3-8H2,1-2H3,(H,14,15). The van der Waals surface area contributed by atoms with Gasteiger partial charge in [0.1, 0.15) is 0 Å². The first-order valence-corrected chi connectivity index (χ1v) is 5.96. The van der Waals surface area contributed by atoms with E-state index in [9.17, 15) is 9.90 Å². The molecular formula is C13H22O2. The Balaban J connectivity index is 2.68. The molecule has 0 amide bonds. The minimum atomic E-state index is -0.635. The molecule has 2 heteroatoms. The second kappa shape index (κ2) is 5.34. The smallest absolute Gasteiger partial charge is 0.307 e. The first-order valence-electron chi connectivity index (χ1n) is 5.96. The van der Waals surface area contributed by atoms with Gasteiger partial charge >= 0.3 is 5.97 Å². The zero-order valence-corrected chi connectivity index (χ0v) is 9.83. The lowest BCUT2D eigenvalue weighted by molar-refractivity contribution is -0.145. The summed E-state index contributed by atoms with van der Waals surface area (Å²) in [5, 5.41) is 9.20. The molecule has 1 aliphatic rings. The lowest BCUT2D eigenvalue weighted by Gasteiger charge is -2.33. The van der Waals surface area contributed by atoms with E-state index in [4.69, 9.17) is 0 Å². The van der Waals surface area contributed by atoms with Crippen LogP contribution in [0, 0.1) is 17.8 Å². The molecule has 15 heavy (non-hydrogen) atoms. The van der Waals surface area contributed by atoms with Gasteiger partial charge in [-0.2, -0.15) is 0 Å². The molecule has 0 aliphatic heterocycles. The molecule has 1 aliphatic carbocycles. The molecule has 86 valence electrons. The van der Waals surface area contributed by atoms with Gasteiger partial charge in [0.25, 0.3) is 0 Å². The maximum Gasteiger partial charge on any atom is 0.307 e. The van der Waals surface area contributed by atoms with Crippen LogP contribution in [0.1, 0.15) is 46.0 Å². The van der Waals surface area contributed by atoms with E-state index in [1.165, 1.54) is 0 Å². The molecular weight excluding hydrogens is 188 g/mol. The molecule has 1 N–H and O–H groups in total. The molecule has 3 unspecified atom stereocenters. The Morgan fingerprint density at radius 2 is 2.07 bits per heavy atom. The van der Waals surface area contributed by atoms with Crippen molar-refractivity contribution in [1.82, 2.24) is 0 Å². The fraction of sp³-hybridized carbons (Fsp3) is 0.769. The normalized spacial score (nSPS) is 31.2. The Morgan fingerprint density at radius 3 is 2.60 bits per heavy atom. The van der Waals surface area contributed by atoms with Crippen molar-refractivity contribution in [3.05, 3.63) is 12.2 Å². The number of carboxylic acids is 1. The molecule has 0 heterocycles. The van der Waals surface area contributed by atoms with E-state index in [0.29, 0.717) is 5.92 Å². The summed E-state index contributed by atoms with van der Waals surface area (Å²) in [5.74, 6) is -0.0490. The summed E-state index contributed by atoms with van der Waals surface area (Å²) < 4.78 is 0. The molecule has 0 bridgehead atoms. The van der Waals surface area contributed by atoms with Gasteiger partial charge in [-0.1, -0.05) is 38.8 Å². The van der Waals surface area contributed by atoms with Gasteiger partial charge in [0.05, 0.1) is 5.92 Å². The van der Waals surface area contributed by atoms with E-state index in [0.717, 1.165) is 37.7 Å². The van der Waals surface area contributed by atoms with Gasteiger partial charge in [-0.3, -0.25) is 4.79 Å². The van der Waals surface area contributed by atoms with Crippen LogP contribution in [-0.2, 0) is 4.79 Å². The second-order valence-corrected chi connectivity index (χ2v) is 4.88. The van der Waals surface area contributed by atoms with Crippen LogP contribution >= 0.6 is 0 Å². The molecule has 0 spiro atoms. The molecule has 1 saturated carbocycles. The minimum absolute atomic E-state index is 0.187. The Hall–Kier alpha value is -0.790. The van der Waals surface area contributed by atoms with Crippen molar-refractivity contribution in [2.75, 3.05) is 0 Å². The number of rotatable bonds is 4. The van der Waals surface area contributed by atoms with Crippen molar-refractivity contribution in [3.8, 4) is 0 Å². The minimum Gasteiger partial charge on any atom is -0.481 e. The fourth-order valence-electron chi connectivity index (χ4n) is 2.65. The SMILES string of the molecule is C=C(CCC)C1CCC(C)CC1C(=O)O. The topological polar surface area (TPSA) is 37.3 Å². The number of allylic oxidation sites excluding steroid dienone is 1. The predicted octanol–water partition coefficient (Wildman–Crippen LogP) is 3.48. The number of aliphatic carboxylic acids is 1. The van der Waals surface area contributed by atoms with Gasteiger partial charge in [-0.05, 0) is 31.1 Å². The summed E-state index contributed by atoms with van der Waals surface area (Å²) in [7, 11) is 0. The Morgan fingerprint density at radius 1 is 1.40 bits per heavy atom. The highest BCUT2D eigenvalue weighted by Crippen LogP contribution is 2.38. The average molecular weight is 210 g/mol. The molecule has 0 aromatic carbocycles. The van der Waals surface area contributed by atoms with Crippen molar-refractivity contribution >= 4 is 5.97 Å². The van der Waals surface area contributed by atoms with Crippen LogP contribution in [-0.4, -0.2) is 11.1 Å². The van der Waals surface area contributed by atoms with E-state index in [1.807, 2.05) is 0 Å². The van der Waals surface area contributed by atoms with Crippen molar-refractivity contribution in [2.24, 2.45) is 17.8 Å². The Kier molecular flexibility index (Phi) is 4.37. The summed E-state index contributed by atoms with van der Waals surface area (Å²) in [5.41, 5.74) is 1.15. The largest absolute Gasteiger partial charge is 0.481 e. The van der Waals surface area contributed by atoms with Crippen molar-refractivity contribution in [1.29, 1.82) is 0 Å². The third-order valence-corrected chi connectivity index (χ3v) is 3.53. The fourth-order valence-corrected chi connectivity index (χ4v) is 2.65. The molecule has 1 fully saturated rings. The van der Waals surface area contributed by atoms with Gasteiger partial charge in [0, 0.05) is 0 Å². The zero-order chi connectivity index (χ0) is 11.4. The average Bonchev–Trinajstić information content (AvgIpc) is 2.17. The van der Waals surface area contributed by atoms with Crippen LogP contribution in [0.25, 0.3) is 0 Å². The Labute approximate surface area is 92.4 Å². The lowest BCUT2D eigenvalue weighted by atomic mass is 9.71. The van der Waals surface area contributed by atoms with E-state index >= 15 is 0 Å². The number of hydrogen-bond donors (Lipinski definition) is 1. The molecule has 0 aromatic rings. The third kappa shape index (κ3) is 3.08. The quantitative estimate of drug-likeness (QED) is 0.721. The van der Waals surface area contributed by atoms with Gasteiger partial charge in [-0.15, -0.1) is 0 Å². The lowest BCUT2D eigenvalue weighted by Crippen LogP contribution is -2.31. The van der Waals surface area contributed by atoms with Crippen molar-refractivity contribution < 1.29 is 9.90 Å². The number of carboxylic acid groups (broad SMARTS) is 1. The van der Waals surface area contributed by atoms with Crippen molar-refractivity contribution in [2.45, 2.75) is 46.0 Å². The van der Waals surface area contributed by atoms with Gasteiger partial charge in [0.15, 0.2) is 0 Å². The monoisotopic (exact) mass is 210 g/mol. The van der Waals surface area contributed by atoms with Crippen LogP contribution in [0.2, 0.25) is 0 Å². The first-order chi connectivity index (χ1) is 7.06. The van der Waals surface area contributed by atoms with Crippen LogP contribution in [0.15, 0.2) is 12.2 Å². The molecule has 0 saturated heterocycles. The maximum absolute atomic E-state index is 11.2. The highest BCUT2D eigenvalue weighted by Gasteiger charge is 2.34. The van der Waals surface area contributed by atoms with E-state index in [1.54, 1.807) is 0 Å². The van der Waals surface area contributed by atoms with Crippen molar-refractivity contribution in [3.63, 3.8) is 0 Å². The molecule has 0 aromatic heterocycles. The first kappa shape index (κ1) is 12.3. The second-order valence-electron chi connectivity index (χ2n) is 4.88. The predicted molar refractivity (Wildman–Crippen MR) is 61.7 cm³/mol. The zero-order valence-electron chi connectivity index (χ0n) is 9.83. The summed E-state index contributed by atoms with van der Waals surface area (Å²) in [4.78, 5) is 11.2. The maximum atomic E-state index is 11.2. The Bertz CT molecular complexity index is 245. The van der Waals surface area contributed by atoms with Crippen LogP contribution < -0.4 is 0 Å². The number of hydrogen-bond acceptors (Lipinski definition) is 1. The van der Waals surface area contributed by atoms with Crippen LogP contribution in [0.3, 0.4) is 0 Å². The highest BCUT2D eigenvalue weighted by atomic mass is 16.4. The molecule has 1 rings (SSSR count). The summed E-state index contributed by atoms with van der Waals surface area (Å²) in [6, 6.07) is 0. The molecule has 2 nitrogen and oxygen atoms in total. The van der Waals surface area contributed by atoms with E-state index < -0.39 is 5.97 Å². The molecule has 3 atom stereocenters. The summed E-state index contributed by atoms with van der Waals surface area (Å²) in [6.45, 7) is 8.33. The van der Waals surface area contributed by atoms with Crippen LogP contribution in [0.4, 0.5) is 0 Å². The van der Waals surface area contributed by atoms with E-state index in [-0.39, 0.29) is 11.8 Å². The van der Waals surface area contributed by atoms with Gasteiger partial charge < -0.3 is 5.11 Å². The molecule has 0 radical (unpaired) electrons. The van der Waals surface area contributed by atoms with Gasteiger partial charge in [0.2, 0.25) is 0 Å². The summed E-state index contributed by atoms with van der Waals surface area (Å²) in [6.07, 6.45) is 5.02. The van der Waals surface area contributed by atoms with Crippen LogP contribution in [0.5, 0.6) is 0 Å².